The van der Waals surface area contributed by atoms with E-state index >= 15 is 0 Å². The van der Waals surface area contributed by atoms with Gasteiger partial charge in [0.2, 0.25) is 0 Å². The lowest BCUT2D eigenvalue weighted by molar-refractivity contribution is -0.384. The summed E-state index contributed by atoms with van der Waals surface area (Å²) in [5.74, 6) is 0. The van der Waals surface area contributed by atoms with Gasteiger partial charge in [-0.05, 0) is 18.9 Å². The van der Waals surface area contributed by atoms with E-state index in [0.717, 1.165) is 24.1 Å². The second-order valence-corrected chi connectivity index (χ2v) is 5.20. The molecule has 2 aromatic rings. The van der Waals surface area contributed by atoms with Crippen LogP contribution in [0.2, 0.25) is 0 Å². The molecule has 0 aliphatic heterocycles. The first kappa shape index (κ1) is 13.4. The molecule has 0 spiro atoms. The summed E-state index contributed by atoms with van der Waals surface area (Å²) in [7, 11) is 1.75. The number of nitro groups is 1. The van der Waals surface area contributed by atoms with Gasteiger partial charge in [-0.2, -0.15) is 0 Å². The third-order valence-corrected chi connectivity index (χ3v) is 3.72. The van der Waals surface area contributed by atoms with Crippen LogP contribution < -0.4 is 11.0 Å². The van der Waals surface area contributed by atoms with E-state index in [0.29, 0.717) is 12.6 Å². The lowest BCUT2D eigenvalue weighted by Crippen LogP contribution is -2.24. The predicted octanol–water partition coefficient (Wildman–Crippen LogP) is 1.98. The largest absolute Gasteiger partial charge is 0.388 e. The highest BCUT2D eigenvalue weighted by Gasteiger charge is 2.25. The van der Waals surface area contributed by atoms with E-state index in [4.69, 9.17) is 0 Å². The summed E-state index contributed by atoms with van der Waals surface area (Å²) >= 11 is 0. The number of non-ortho nitro benzene ring substituents is 1. The monoisotopic (exact) mass is 288 g/mol. The Morgan fingerprint density at radius 2 is 2.14 bits per heavy atom. The minimum Gasteiger partial charge on any atom is -0.388 e. The van der Waals surface area contributed by atoms with Crippen molar-refractivity contribution in [2.75, 3.05) is 12.4 Å². The van der Waals surface area contributed by atoms with E-state index in [1.54, 1.807) is 34.6 Å². The van der Waals surface area contributed by atoms with Crippen molar-refractivity contribution in [1.29, 1.82) is 0 Å². The molecule has 1 N–H and O–H groups in total. The van der Waals surface area contributed by atoms with Crippen LogP contribution in [-0.4, -0.2) is 21.1 Å². The van der Waals surface area contributed by atoms with Crippen LogP contribution in [0.5, 0.6) is 0 Å². The number of hydrogen-bond donors (Lipinski definition) is 1. The Morgan fingerprint density at radius 3 is 2.76 bits per heavy atom. The number of hydrogen-bond acceptors (Lipinski definition) is 4. The second-order valence-electron chi connectivity index (χ2n) is 5.20. The molecule has 0 unspecified atom stereocenters. The highest BCUT2D eigenvalue weighted by molar-refractivity contribution is 5.55. The number of imidazole rings is 1. The van der Waals surface area contributed by atoms with E-state index in [-0.39, 0.29) is 11.4 Å². The molecule has 21 heavy (non-hydrogen) atoms. The number of benzene rings is 1. The molecule has 0 bridgehead atoms. The van der Waals surface area contributed by atoms with Crippen molar-refractivity contribution < 1.29 is 4.92 Å². The average Bonchev–Trinajstić information content (AvgIpc) is 3.25. The molecule has 1 aromatic carbocycles. The molecule has 0 saturated heterocycles. The molecular formula is C14H16N4O3. The van der Waals surface area contributed by atoms with E-state index in [1.807, 2.05) is 0 Å². The SMILES string of the molecule is CNc1ccc([N+](=O)[O-])cc1Cn1ccn(C2CC2)c1=O. The van der Waals surface area contributed by atoms with Crippen LogP contribution in [0, 0.1) is 10.1 Å². The van der Waals surface area contributed by atoms with Gasteiger partial charge in [-0.15, -0.1) is 0 Å². The fraction of sp³-hybridized carbons (Fsp3) is 0.357. The maximum atomic E-state index is 12.2. The average molecular weight is 288 g/mol. The molecule has 7 nitrogen and oxygen atoms in total. The van der Waals surface area contributed by atoms with Crippen molar-refractivity contribution in [3.05, 3.63) is 56.8 Å². The summed E-state index contributed by atoms with van der Waals surface area (Å²) in [6, 6.07) is 4.95. The molecule has 0 radical (unpaired) electrons. The Bertz CT molecular complexity index is 743. The van der Waals surface area contributed by atoms with Gasteiger partial charge in [-0.25, -0.2) is 4.79 Å². The van der Waals surface area contributed by atoms with E-state index in [9.17, 15) is 14.9 Å². The van der Waals surface area contributed by atoms with Crippen LogP contribution in [0.3, 0.4) is 0 Å². The summed E-state index contributed by atoms with van der Waals surface area (Å²) in [6.45, 7) is 0.316. The van der Waals surface area contributed by atoms with E-state index in [2.05, 4.69) is 5.32 Å². The molecule has 1 aliphatic rings. The maximum Gasteiger partial charge on any atom is 0.328 e. The number of nitrogens with zero attached hydrogens (tertiary/aromatic N) is 3. The molecular weight excluding hydrogens is 272 g/mol. The Balaban J connectivity index is 1.94. The van der Waals surface area contributed by atoms with Gasteiger partial charge in [0.15, 0.2) is 0 Å². The summed E-state index contributed by atoms with van der Waals surface area (Å²) in [4.78, 5) is 22.7. The summed E-state index contributed by atoms with van der Waals surface area (Å²) in [6.07, 6.45) is 5.61. The fourth-order valence-corrected chi connectivity index (χ4v) is 2.43. The first-order valence-electron chi connectivity index (χ1n) is 6.82. The van der Waals surface area contributed by atoms with Crippen LogP contribution in [0.4, 0.5) is 11.4 Å². The number of anilines is 1. The molecule has 110 valence electrons. The zero-order valence-corrected chi connectivity index (χ0v) is 11.7. The number of nitro benzene ring substituents is 1. The van der Waals surface area contributed by atoms with Gasteiger partial charge in [-0.3, -0.25) is 19.2 Å². The molecule has 7 heteroatoms. The zero-order valence-electron chi connectivity index (χ0n) is 11.7. The predicted molar refractivity (Wildman–Crippen MR) is 78.7 cm³/mol. The minimum absolute atomic E-state index is 0.0266. The summed E-state index contributed by atoms with van der Waals surface area (Å²) in [5.41, 5.74) is 1.47. The van der Waals surface area contributed by atoms with Crippen molar-refractivity contribution in [3.8, 4) is 0 Å². The summed E-state index contributed by atoms with van der Waals surface area (Å²) in [5, 5.41) is 13.9. The molecule has 3 rings (SSSR count). The van der Waals surface area contributed by atoms with Crippen LogP contribution in [0.1, 0.15) is 24.4 Å². The first-order chi connectivity index (χ1) is 10.1. The molecule has 1 saturated carbocycles. The maximum absolute atomic E-state index is 12.2. The lowest BCUT2D eigenvalue weighted by Gasteiger charge is -2.09. The normalized spacial score (nSPS) is 14.1. The smallest absolute Gasteiger partial charge is 0.328 e. The highest BCUT2D eigenvalue weighted by atomic mass is 16.6. The van der Waals surface area contributed by atoms with Crippen molar-refractivity contribution in [2.24, 2.45) is 0 Å². The van der Waals surface area contributed by atoms with Crippen molar-refractivity contribution in [3.63, 3.8) is 0 Å². The molecule has 1 heterocycles. The van der Waals surface area contributed by atoms with Gasteiger partial charge in [0, 0.05) is 48.9 Å². The minimum atomic E-state index is -0.429. The van der Waals surface area contributed by atoms with E-state index in [1.165, 1.54) is 12.1 Å². The van der Waals surface area contributed by atoms with Crippen molar-refractivity contribution in [2.45, 2.75) is 25.4 Å². The zero-order chi connectivity index (χ0) is 15.0. The van der Waals surface area contributed by atoms with Crippen LogP contribution in [-0.2, 0) is 6.54 Å². The molecule has 1 aromatic heterocycles. The summed E-state index contributed by atoms with van der Waals surface area (Å²) < 4.78 is 3.31. The Hall–Kier alpha value is -2.57. The van der Waals surface area contributed by atoms with Crippen molar-refractivity contribution in [1.82, 2.24) is 9.13 Å². The third kappa shape index (κ3) is 2.54. The van der Waals surface area contributed by atoms with Gasteiger partial charge in [0.1, 0.15) is 0 Å². The Kier molecular flexibility index (Phi) is 3.25. The Morgan fingerprint density at radius 1 is 1.38 bits per heavy atom. The van der Waals surface area contributed by atoms with Crippen LogP contribution in [0.15, 0.2) is 35.4 Å². The third-order valence-electron chi connectivity index (χ3n) is 3.72. The molecule has 0 amide bonds. The van der Waals surface area contributed by atoms with E-state index < -0.39 is 4.92 Å². The number of rotatable bonds is 5. The fourth-order valence-electron chi connectivity index (χ4n) is 2.43. The highest BCUT2D eigenvalue weighted by Crippen LogP contribution is 2.33. The molecule has 1 fully saturated rings. The van der Waals surface area contributed by atoms with Gasteiger partial charge in [0.05, 0.1) is 11.5 Å². The number of aromatic nitrogens is 2. The molecule has 0 atom stereocenters. The van der Waals surface area contributed by atoms with Gasteiger partial charge >= 0.3 is 5.69 Å². The van der Waals surface area contributed by atoms with Crippen LogP contribution in [0.25, 0.3) is 0 Å². The van der Waals surface area contributed by atoms with Gasteiger partial charge in [0.25, 0.3) is 5.69 Å². The Labute approximate surface area is 121 Å². The topological polar surface area (TPSA) is 82.1 Å². The van der Waals surface area contributed by atoms with Gasteiger partial charge in [-0.1, -0.05) is 0 Å². The number of nitrogens with one attached hydrogen (secondary N) is 1. The van der Waals surface area contributed by atoms with Crippen molar-refractivity contribution >= 4 is 11.4 Å². The lowest BCUT2D eigenvalue weighted by atomic mass is 10.1. The standard InChI is InChI=1S/C14H16N4O3/c1-15-13-5-4-12(18(20)21)8-10(13)9-16-6-7-17(14(16)19)11-2-3-11/h4-8,11,15H,2-3,9H2,1H3. The quantitative estimate of drug-likeness (QED) is 0.673. The second kappa shape index (κ2) is 5.08. The molecule has 1 aliphatic carbocycles. The first-order valence-corrected chi connectivity index (χ1v) is 6.82. The van der Waals surface area contributed by atoms with Crippen LogP contribution >= 0.6 is 0 Å². The van der Waals surface area contributed by atoms with Gasteiger partial charge < -0.3 is 5.32 Å².